The van der Waals surface area contributed by atoms with Crippen molar-refractivity contribution in [2.45, 2.75) is 25.9 Å². The quantitative estimate of drug-likeness (QED) is 0.0204. The summed E-state index contributed by atoms with van der Waals surface area (Å²) in [7, 11) is 6.26. The van der Waals surface area contributed by atoms with Crippen LogP contribution < -0.4 is 52.5 Å². The van der Waals surface area contributed by atoms with E-state index in [4.69, 9.17) is 54.2 Å². The first-order valence-corrected chi connectivity index (χ1v) is 22.7. The maximum atomic E-state index is 11.6. The number of nitrogens with zero attached hydrogens (tertiary/aromatic N) is 4. The van der Waals surface area contributed by atoms with E-state index in [0.29, 0.717) is 33.2 Å². The van der Waals surface area contributed by atoms with Crippen LogP contribution in [0.2, 0.25) is 0 Å². The second-order valence-electron chi connectivity index (χ2n) is 12.3. The van der Waals surface area contributed by atoms with Gasteiger partial charge in [-0.1, -0.05) is 81.1 Å². The largest absolute Gasteiger partial charge is 0.496 e. The Balaban J connectivity index is 0.000000415. The third kappa shape index (κ3) is 22.1. The minimum Gasteiger partial charge on any atom is -0.496 e. The molecule has 2 heterocycles. The van der Waals surface area contributed by atoms with Gasteiger partial charge < -0.3 is 40.7 Å². The Bertz CT molecular complexity index is 2450. The summed E-state index contributed by atoms with van der Waals surface area (Å²) in [6.45, 7) is 10.1. The van der Waals surface area contributed by atoms with E-state index in [9.17, 15) is 9.59 Å². The van der Waals surface area contributed by atoms with Crippen molar-refractivity contribution in [1.29, 1.82) is 0 Å². The van der Waals surface area contributed by atoms with E-state index in [1.165, 1.54) is 45.6 Å². The molecule has 6 aromatic rings. The lowest BCUT2D eigenvalue weighted by Gasteiger charge is -2.13. The Hall–Kier alpha value is -6.34. The van der Waals surface area contributed by atoms with Gasteiger partial charge in [0.1, 0.15) is 23.0 Å². The molecule has 0 fully saturated rings. The first-order valence-electron chi connectivity index (χ1n) is 19.9. The predicted molar refractivity (Wildman–Crippen MR) is 277 cm³/mol. The van der Waals surface area contributed by atoms with Crippen LogP contribution in [0.1, 0.15) is 41.5 Å². The lowest BCUT2D eigenvalue weighted by Crippen LogP contribution is -2.44. The number of amides is 1. The molecule has 67 heavy (non-hydrogen) atoms. The number of rotatable bonds is 12. The molecule has 0 saturated carbocycles. The number of H-pyrrole nitrogens is 3. The molecule has 12 N–H and O–H groups in total. The molecule has 0 unspecified atom stereocenters. The number of hydrogen-bond acceptors (Lipinski definition) is 15. The molecule has 0 saturated heterocycles. The number of benzene rings is 4. The van der Waals surface area contributed by atoms with Crippen molar-refractivity contribution in [2.24, 2.45) is 17.3 Å². The van der Waals surface area contributed by atoms with Gasteiger partial charge in [0.25, 0.3) is 11.1 Å². The molecule has 1 amide bonds. The van der Waals surface area contributed by atoms with Crippen LogP contribution in [0.15, 0.2) is 102 Å². The fraction of sp³-hybridized carbons (Fsp3) is 0.256. The van der Waals surface area contributed by atoms with E-state index < -0.39 is 5.24 Å². The second kappa shape index (κ2) is 34.0. The van der Waals surface area contributed by atoms with Crippen molar-refractivity contribution in [3.8, 4) is 45.8 Å². The minimum atomic E-state index is -0.498. The molecule has 0 aliphatic carbocycles. The van der Waals surface area contributed by atoms with Crippen LogP contribution >= 0.6 is 60.0 Å². The number of nitrogens with two attached hydrogens (primary N) is 3. The number of aromatic amines is 3. The van der Waals surface area contributed by atoms with Gasteiger partial charge in [-0.3, -0.25) is 35.7 Å². The molecular weight excluding hydrogens is 958 g/mol. The van der Waals surface area contributed by atoms with Crippen LogP contribution in [0, 0.1) is 4.77 Å². The molecule has 0 aliphatic rings. The molecule has 0 bridgehead atoms. The topological polar surface area (TPSA) is 274 Å². The lowest BCUT2D eigenvalue weighted by atomic mass is 10.2. The highest BCUT2D eigenvalue weighted by Crippen LogP contribution is 2.28. The zero-order chi connectivity index (χ0) is 50.1. The Labute approximate surface area is 415 Å². The van der Waals surface area contributed by atoms with Gasteiger partial charge in [-0.15, -0.1) is 5.10 Å². The molecule has 6 rings (SSSR count). The van der Waals surface area contributed by atoms with Crippen molar-refractivity contribution < 1.29 is 28.5 Å². The summed E-state index contributed by atoms with van der Waals surface area (Å²) in [5.74, 6) is 8.27. The van der Waals surface area contributed by atoms with Gasteiger partial charge in [-0.05, 0) is 123 Å². The number of carbonyl (C=O) groups excluding carboxylic acids is 2. The van der Waals surface area contributed by atoms with Crippen LogP contribution in [0.25, 0.3) is 22.8 Å². The van der Waals surface area contributed by atoms with E-state index in [2.05, 4.69) is 97.2 Å². The number of carbonyl (C=O) groups is 2. The minimum absolute atomic E-state index is 0.00162. The SMILES string of the molecule is CCN(CC)CC.COc1ccccc1-c1nc(=S)[nH][nH]1.COc1ccccc1-c1nc(SC)n[nH]1.COc1ccccc1C(=O)Cl.COc1ccccc1C(=O)NNC(N)=S.NNC(N)=S. The maximum Gasteiger partial charge on any atom is 0.273 e. The van der Waals surface area contributed by atoms with Gasteiger partial charge in [0.2, 0.25) is 9.93 Å². The van der Waals surface area contributed by atoms with Gasteiger partial charge in [-0.25, -0.2) is 10.8 Å². The van der Waals surface area contributed by atoms with Crippen LogP contribution in [-0.4, -0.2) is 111 Å². The van der Waals surface area contributed by atoms with E-state index >= 15 is 0 Å². The molecule has 24 heteroatoms. The fourth-order valence-electron chi connectivity index (χ4n) is 5.03. The average molecular weight is 1020 g/mol. The van der Waals surface area contributed by atoms with Crippen molar-refractivity contribution in [3.05, 3.63) is 113 Å². The molecule has 2 aromatic heterocycles. The molecule has 19 nitrogen and oxygen atoms in total. The van der Waals surface area contributed by atoms with E-state index in [1.54, 1.807) is 62.8 Å². The number of hydrogen-bond donors (Lipinski definition) is 9. The zero-order valence-corrected chi connectivity index (χ0v) is 42.4. The first-order chi connectivity index (χ1) is 32.2. The van der Waals surface area contributed by atoms with Crippen molar-refractivity contribution >= 4 is 81.4 Å². The predicted octanol–water partition coefficient (Wildman–Crippen LogP) is 6.63. The smallest absolute Gasteiger partial charge is 0.273 e. The van der Waals surface area contributed by atoms with Crippen molar-refractivity contribution in [2.75, 3.05) is 54.3 Å². The van der Waals surface area contributed by atoms with Crippen LogP contribution in [0.3, 0.4) is 0 Å². The Morgan fingerprint density at radius 1 is 0.672 bits per heavy atom. The van der Waals surface area contributed by atoms with Gasteiger partial charge in [0.05, 0.1) is 50.7 Å². The van der Waals surface area contributed by atoms with Crippen LogP contribution in [0.4, 0.5) is 0 Å². The Kier molecular flexibility index (Phi) is 29.8. The maximum absolute atomic E-state index is 11.6. The van der Waals surface area contributed by atoms with Gasteiger partial charge in [0, 0.05) is 0 Å². The Morgan fingerprint density at radius 3 is 1.46 bits per heavy atom. The van der Waals surface area contributed by atoms with Crippen molar-refractivity contribution in [1.82, 2.24) is 51.5 Å². The molecule has 0 aliphatic heterocycles. The number of aromatic nitrogens is 6. The number of para-hydroxylation sites is 4. The normalized spacial score (nSPS) is 9.54. The highest BCUT2D eigenvalue weighted by Gasteiger charge is 2.12. The van der Waals surface area contributed by atoms with Crippen LogP contribution in [0.5, 0.6) is 23.0 Å². The summed E-state index contributed by atoms with van der Waals surface area (Å²) in [5.41, 5.74) is 19.3. The summed E-state index contributed by atoms with van der Waals surface area (Å²) >= 11 is 20.4. The summed E-state index contributed by atoms with van der Waals surface area (Å²) in [6.07, 6.45) is 1.94. The zero-order valence-electron chi connectivity index (χ0n) is 38.3. The van der Waals surface area contributed by atoms with E-state index in [0.717, 1.165) is 33.6 Å². The van der Waals surface area contributed by atoms with E-state index in [-0.39, 0.29) is 16.1 Å². The molecule has 362 valence electrons. The second-order valence-corrected chi connectivity index (χ2v) is 14.7. The third-order valence-electron chi connectivity index (χ3n) is 8.33. The summed E-state index contributed by atoms with van der Waals surface area (Å²) in [6, 6.07) is 29.0. The number of hydrazine groups is 2. The Morgan fingerprint density at radius 2 is 1.10 bits per heavy atom. The average Bonchev–Trinajstić information content (AvgIpc) is 4.04. The van der Waals surface area contributed by atoms with Crippen molar-refractivity contribution in [3.63, 3.8) is 0 Å². The summed E-state index contributed by atoms with van der Waals surface area (Å²) in [4.78, 5) is 33.1. The number of thioether (sulfide) groups is 1. The van der Waals surface area contributed by atoms with Gasteiger partial charge in [-0.2, -0.15) is 4.98 Å². The first kappa shape index (κ1) is 58.7. The molecule has 0 spiro atoms. The standard InChI is InChI=1S/C10H11N3OS.C9H11N3O2S.C9H9N3OS.C8H7ClO2.C6H15N.CH5N3S/c1-14-8-6-4-3-5-7(8)9-11-10(15-2)13-12-9;1-14-7-5-3-2-4-6(7)8(13)11-12-9(10)15;1-13-7-5-3-2-4-6(7)8-10-9(14)12-11-8;1-11-7-5-3-2-4-6(7)8(9)10;1-4-7(5-2)6-3;2-1(5)4-3/h3-6H,1-2H3,(H,11,12,13);2-5H,1H3,(H,11,13)(H3,10,12,15);2-5H,1H3,(H2,10,11,12,14);2-5H,1H3;4-6H2,1-3H3;3H2,(H3,2,4,5). The number of ether oxygens (including phenoxy) is 4. The molecule has 0 radical (unpaired) electrons. The van der Waals surface area contributed by atoms with Gasteiger partial charge >= 0.3 is 0 Å². The number of nitrogens with one attached hydrogen (secondary N) is 6. The van der Waals surface area contributed by atoms with E-state index in [1.807, 2.05) is 60.2 Å². The van der Waals surface area contributed by atoms with Crippen LogP contribution in [-0.2, 0) is 0 Å². The molecule has 0 atom stereocenters. The highest BCUT2D eigenvalue weighted by atomic mass is 35.5. The summed E-state index contributed by atoms with van der Waals surface area (Å²) < 4.78 is 20.8. The fourth-order valence-corrected chi connectivity index (χ4v) is 5.70. The number of thiocarbonyl (C=S) groups is 2. The monoisotopic (exact) mass is 1020 g/mol. The number of methoxy groups -OCH3 is 4. The van der Waals surface area contributed by atoms with Gasteiger partial charge in [0.15, 0.2) is 21.9 Å². The number of halogens is 1. The highest BCUT2D eigenvalue weighted by molar-refractivity contribution is 7.98. The third-order valence-corrected chi connectivity index (χ3v) is 9.49. The molecule has 4 aromatic carbocycles. The lowest BCUT2D eigenvalue weighted by molar-refractivity contribution is 0.0940. The molecular formula is C43H58ClN13O6S4. The summed E-state index contributed by atoms with van der Waals surface area (Å²) in [5, 5.41) is 12.9.